The van der Waals surface area contributed by atoms with Gasteiger partial charge >= 0.3 is 0 Å². The van der Waals surface area contributed by atoms with Crippen LogP contribution in [0.1, 0.15) is 42.9 Å². The molecule has 2 N–H and O–H groups in total. The Labute approximate surface area is 222 Å². The monoisotopic (exact) mass is 541 g/mol. The summed E-state index contributed by atoms with van der Waals surface area (Å²) in [6.45, 7) is 0. The van der Waals surface area contributed by atoms with Gasteiger partial charge in [0, 0.05) is 12.5 Å². The molecule has 1 fully saturated rings. The predicted molar refractivity (Wildman–Crippen MR) is 140 cm³/mol. The van der Waals surface area contributed by atoms with E-state index in [4.69, 9.17) is 18.9 Å². The number of hydroxylamine groups is 1. The van der Waals surface area contributed by atoms with E-state index >= 15 is 0 Å². The number of carbonyl (C=O) groups excluding carboxylic acids is 1. The minimum Gasteiger partial charge on any atom is -0.493 e. The molecule has 3 aromatic rings. The Morgan fingerprint density at radius 1 is 0.921 bits per heavy atom. The average Bonchev–Trinajstić information content (AvgIpc) is 3.45. The maximum absolute atomic E-state index is 14.0. The second kappa shape index (κ2) is 12.2. The number of hydrogen-bond donors (Lipinski definition) is 2. The van der Waals surface area contributed by atoms with Gasteiger partial charge in [0.05, 0.1) is 30.5 Å². The molecule has 0 aliphatic heterocycles. The molecule has 202 valence electrons. The van der Waals surface area contributed by atoms with Crippen LogP contribution in [0.25, 0.3) is 0 Å². The van der Waals surface area contributed by atoms with Crippen molar-refractivity contribution in [2.45, 2.75) is 48.4 Å². The SMILES string of the molecule is COc1ccc(C(CC(=O)NO)S(=O)(=O)c2ccc(OC)c(OC3CCCC3)c2)cc1Oc1ccccc1. The predicted octanol–water partition coefficient (Wildman–Crippen LogP) is 5.23. The van der Waals surface area contributed by atoms with Crippen molar-refractivity contribution in [2.75, 3.05) is 14.2 Å². The van der Waals surface area contributed by atoms with E-state index in [0.717, 1.165) is 25.7 Å². The Kier molecular flexibility index (Phi) is 8.75. The number of ether oxygens (including phenoxy) is 4. The quantitative estimate of drug-likeness (QED) is 0.250. The zero-order chi connectivity index (χ0) is 27.1. The first kappa shape index (κ1) is 27.3. The van der Waals surface area contributed by atoms with E-state index in [9.17, 15) is 18.4 Å². The highest BCUT2D eigenvalue weighted by atomic mass is 32.2. The fourth-order valence-corrected chi connectivity index (χ4v) is 6.22. The van der Waals surface area contributed by atoms with Crippen LogP contribution in [0.2, 0.25) is 0 Å². The number of hydrogen-bond acceptors (Lipinski definition) is 8. The third kappa shape index (κ3) is 6.20. The first-order chi connectivity index (χ1) is 18.3. The summed E-state index contributed by atoms with van der Waals surface area (Å²) in [5.41, 5.74) is 1.83. The van der Waals surface area contributed by atoms with Crippen molar-refractivity contribution in [3.63, 3.8) is 0 Å². The summed E-state index contributed by atoms with van der Waals surface area (Å²) in [6.07, 6.45) is 3.32. The molecule has 38 heavy (non-hydrogen) atoms. The molecule has 9 nitrogen and oxygen atoms in total. The standard InChI is InChI=1S/C28H31NO8S/c1-34-23-14-12-19(16-25(23)36-20-8-4-3-5-9-20)27(18-28(30)29-31)38(32,33)22-13-15-24(35-2)26(17-22)37-21-10-6-7-11-21/h3-5,8-9,12-17,21,27,31H,6-7,10-11,18H2,1-2H3,(H,29,30). The van der Waals surface area contributed by atoms with Gasteiger partial charge in [-0.05, 0) is 67.6 Å². The van der Waals surface area contributed by atoms with Crippen molar-refractivity contribution < 1.29 is 37.4 Å². The molecular formula is C28H31NO8S. The molecule has 0 radical (unpaired) electrons. The van der Waals surface area contributed by atoms with E-state index in [2.05, 4.69) is 0 Å². The molecule has 1 unspecified atom stereocenters. The number of rotatable bonds is 11. The summed E-state index contributed by atoms with van der Waals surface area (Å²) in [5.74, 6) is 1.09. The topological polar surface area (TPSA) is 120 Å². The smallest absolute Gasteiger partial charge is 0.244 e. The number of amides is 1. The molecule has 3 aromatic carbocycles. The van der Waals surface area contributed by atoms with Crippen LogP contribution < -0.4 is 24.4 Å². The maximum Gasteiger partial charge on any atom is 0.244 e. The van der Waals surface area contributed by atoms with Crippen LogP contribution >= 0.6 is 0 Å². The number of benzene rings is 3. The second-order valence-electron chi connectivity index (χ2n) is 8.94. The second-order valence-corrected chi connectivity index (χ2v) is 11.1. The average molecular weight is 542 g/mol. The first-order valence-corrected chi connectivity index (χ1v) is 13.8. The summed E-state index contributed by atoms with van der Waals surface area (Å²) in [4.78, 5) is 12.2. The zero-order valence-corrected chi connectivity index (χ0v) is 22.1. The molecule has 0 aromatic heterocycles. The largest absolute Gasteiger partial charge is 0.493 e. The van der Waals surface area contributed by atoms with E-state index < -0.39 is 27.4 Å². The first-order valence-electron chi connectivity index (χ1n) is 12.3. The lowest BCUT2D eigenvalue weighted by Crippen LogP contribution is -2.25. The van der Waals surface area contributed by atoms with Gasteiger partial charge < -0.3 is 18.9 Å². The van der Waals surface area contributed by atoms with Crippen molar-refractivity contribution in [3.05, 3.63) is 72.3 Å². The summed E-state index contributed by atoms with van der Waals surface area (Å²) in [7, 11) is -1.19. The molecule has 1 aliphatic carbocycles. The Bertz CT molecular complexity index is 1350. The molecule has 1 saturated carbocycles. The molecule has 1 amide bonds. The van der Waals surface area contributed by atoms with Crippen LogP contribution in [0, 0.1) is 0 Å². The Balaban J connectivity index is 1.75. The Morgan fingerprint density at radius 2 is 1.58 bits per heavy atom. The fraction of sp³-hybridized carbons (Fsp3) is 0.321. The number of carbonyl (C=O) groups is 1. The molecule has 0 bridgehead atoms. The van der Waals surface area contributed by atoms with Crippen LogP contribution in [0.4, 0.5) is 0 Å². The molecule has 4 rings (SSSR count). The molecule has 0 spiro atoms. The molecule has 1 aliphatic rings. The van der Waals surface area contributed by atoms with Crippen LogP contribution in [-0.2, 0) is 14.6 Å². The van der Waals surface area contributed by atoms with Crippen molar-refractivity contribution in [1.29, 1.82) is 0 Å². The zero-order valence-electron chi connectivity index (χ0n) is 21.3. The summed E-state index contributed by atoms with van der Waals surface area (Å²) in [5, 5.41) is 7.85. The van der Waals surface area contributed by atoms with Gasteiger partial charge in [-0.1, -0.05) is 24.3 Å². The van der Waals surface area contributed by atoms with Crippen LogP contribution in [0.15, 0.2) is 71.6 Å². The maximum atomic E-state index is 14.0. The highest BCUT2D eigenvalue weighted by Crippen LogP contribution is 2.41. The van der Waals surface area contributed by atoms with Gasteiger partial charge in [-0.15, -0.1) is 0 Å². The van der Waals surface area contributed by atoms with E-state index in [1.807, 2.05) is 6.07 Å². The Morgan fingerprint density at radius 3 is 2.24 bits per heavy atom. The summed E-state index contributed by atoms with van der Waals surface area (Å²) in [6, 6.07) is 18.0. The van der Waals surface area contributed by atoms with Gasteiger partial charge in [0.1, 0.15) is 5.75 Å². The summed E-state index contributed by atoms with van der Waals surface area (Å²) >= 11 is 0. The molecule has 10 heteroatoms. The lowest BCUT2D eigenvalue weighted by atomic mass is 10.1. The van der Waals surface area contributed by atoms with E-state index in [1.54, 1.807) is 36.4 Å². The fourth-order valence-electron chi connectivity index (χ4n) is 4.49. The van der Waals surface area contributed by atoms with Crippen LogP contribution in [0.5, 0.6) is 28.7 Å². The van der Waals surface area contributed by atoms with E-state index in [0.29, 0.717) is 23.0 Å². The van der Waals surface area contributed by atoms with Crippen LogP contribution in [0.3, 0.4) is 0 Å². The van der Waals surface area contributed by atoms with Gasteiger partial charge in [0.25, 0.3) is 0 Å². The highest BCUT2D eigenvalue weighted by molar-refractivity contribution is 7.91. The lowest BCUT2D eigenvalue weighted by molar-refractivity contribution is -0.129. The third-order valence-electron chi connectivity index (χ3n) is 6.46. The molecule has 0 heterocycles. The Hall–Kier alpha value is -3.76. The van der Waals surface area contributed by atoms with Crippen molar-refractivity contribution >= 4 is 15.7 Å². The van der Waals surface area contributed by atoms with Gasteiger partial charge in [-0.3, -0.25) is 10.0 Å². The number of methoxy groups -OCH3 is 2. The van der Waals surface area contributed by atoms with Crippen molar-refractivity contribution in [3.8, 4) is 28.7 Å². The molecular weight excluding hydrogens is 510 g/mol. The molecule has 1 atom stereocenters. The normalized spacial score (nSPS) is 14.5. The summed E-state index contributed by atoms with van der Waals surface area (Å²) < 4.78 is 50.8. The van der Waals surface area contributed by atoms with Gasteiger partial charge in [-0.25, -0.2) is 13.9 Å². The van der Waals surface area contributed by atoms with E-state index in [-0.39, 0.29) is 22.3 Å². The highest BCUT2D eigenvalue weighted by Gasteiger charge is 2.33. The van der Waals surface area contributed by atoms with Crippen LogP contribution in [-0.4, -0.2) is 39.9 Å². The lowest BCUT2D eigenvalue weighted by Gasteiger charge is -2.21. The van der Waals surface area contributed by atoms with Crippen molar-refractivity contribution in [2.24, 2.45) is 0 Å². The third-order valence-corrected chi connectivity index (χ3v) is 8.56. The van der Waals surface area contributed by atoms with Gasteiger partial charge in [0.2, 0.25) is 5.91 Å². The number of nitrogens with one attached hydrogen (secondary N) is 1. The van der Waals surface area contributed by atoms with Gasteiger partial charge in [0.15, 0.2) is 32.8 Å². The minimum atomic E-state index is -4.15. The number of sulfone groups is 1. The van der Waals surface area contributed by atoms with Crippen molar-refractivity contribution in [1.82, 2.24) is 5.48 Å². The van der Waals surface area contributed by atoms with Gasteiger partial charge in [-0.2, -0.15) is 0 Å². The number of para-hydroxylation sites is 1. The van der Waals surface area contributed by atoms with E-state index in [1.165, 1.54) is 44.0 Å². The molecule has 0 saturated heterocycles. The minimum absolute atomic E-state index is 0.0166.